The minimum atomic E-state index is -0.148. The zero-order chi connectivity index (χ0) is 12.7. The van der Waals surface area contributed by atoms with E-state index >= 15 is 0 Å². The number of rotatable bonds is 6. The van der Waals surface area contributed by atoms with E-state index in [1.165, 1.54) is 7.11 Å². The molecule has 0 N–H and O–H groups in total. The molecule has 1 rings (SSSR count). The van der Waals surface area contributed by atoms with Gasteiger partial charge in [0.1, 0.15) is 0 Å². The van der Waals surface area contributed by atoms with Crippen LogP contribution in [0.15, 0.2) is 30.3 Å². The molecular formula is C14H20O2S. The quantitative estimate of drug-likeness (QED) is 0.726. The van der Waals surface area contributed by atoms with Crippen LogP contribution in [0.5, 0.6) is 0 Å². The number of thioether (sulfide) groups is 1. The molecule has 0 aliphatic rings. The minimum absolute atomic E-state index is 0.146. The number of esters is 1. The molecule has 0 amide bonds. The third-order valence-corrected chi connectivity index (χ3v) is 3.89. The molecule has 0 heterocycles. The SMILES string of the molecule is COC(=O)C(CSCC(C)C)c1ccccc1. The molecule has 1 aromatic carbocycles. The van der Waals surface area contributed by atoms with Crippen molar-refractivity contribution in [1.29, 1.82) is 0 Å². The van der Waals surface area contributed by atoms with E-state index in [0.29, 0.717) is 5.92 Å². The van der Waals surface area contributed by atoms with Gasteiger partial charge in [-0.15, -0.1) is 0 Å². The molecule has 0 radical (unpaired) electrons. The highest BCUT2D eigenvalue weighted by molar-refractivity contribution is 7.99. The Morgan fingerprint density at radius 2 is 1.88 bits per heavy atom. The van der Waals surface area contributed by atoms with E-state index in [-0.39, 0.29) is 11.9 Å². The second-order valence-corrected chi connectivity index (χ2v) is 5.49. The van der Waals surface area contributed by atoms with Gasteiger partial charge in [0.2, 0.25) is 0 Å². The van der Waals surface area contributed by atoms with Gasteiger partial charge in [-0.2, -0.15) is 11.8 Å². The average Bonchev–Trinajstić information content (AvgIpc) is 2.34. The molecule has 17 heavy (non-hydrogen) atoms. The Balaban J connectivity index is 2.65. The number of benzene rings is 1. The van der Waals surface area contributed by atoms with Crippen molar-refractivity contribution in [2.75, 3.05) is 18.6 Å². The molecule has 0 fully saturated rings. The molecule has 0 saturated carbocycles. The number of carbonyl (C=O) groups is 1. The van der Waals surface area contributed by atoms with Crippen LogP contribution in [0.4, 0.5) is 0 Å². The second kappa shape index (κ2) is 7.38. The number of methoxy groups -OCH3 is 1. The monoisotopic (exact) mass is 252 g/mol. The van der Waals surface area contributed by atoms with E-state index < -0.39 is 0 Å². The summed E-state index contributed by atoms with van der Waals surface area (Å²) in [6, 6.07) is 9.84. The highest BCUT2D eigenvalue weighted by Crippen LogP contribution is 2.23. The Morgan fingerprint density at radius 3 is 2.41 bits per heavy atom. The number of hydrogen-bond acceptors (Lipinski definition) is 3. The highest BCUT2D eigenvalue weighted by Gasteiger charge is 2.21. The van der Waals surface area contributed by atoms with Gasteiger partial charge in [-0.1, -0.05) is 44.2 Å². The van der Waals surface area contributed by atoms with E-state index in [1.54, 1.807) is 0 Å². The molecule has 0 saturated heterocycles. The smallest absolute Gasteiger partial charge is 0.313 e. The van der Waals surface area contributed by atoms with Crippen LogP contribution < -0.4 is 0 Å². The molecule has 1 unspecified atom stereocenters. The van der Waals surface area contributed by atoms with Gasteiger partial charge in [-0.3, -0.25) is 4.79 Å². The van der Waals surface area contributed by atoms with Crippen LogP contribution in [-0.4, -0.2) is 24.6 Å². The Bertz CT molecular complexity index is 335. The summed E-state index contributed by atoms with van der Waals surface area (Å²) in [4.78, 5) is 11.8. The molecule has 2 nitrogen and oxygen atoms in total. The number of carbonyl (C=O) groups excluding carboxylic acids is 1. The third kappa shape index (κ3) is 4.82. The van der Waals surface area contributed by atoms with Crippen LogP contribution in [0.25, 0.3) is 0 Å². The van der Waals surface area contributed by atoms with Gasteiger partial charge in [0.25, 0.3) is 0 Å². The number of hydrogen-bond donors (Lipinski definition) is 0. The molecule has 0 aliphatic heterocycles. The van der Waals surface area contributed by atoms with E-state index in [1.807, 2.05) is 42.1 Å². The second-order valence-electron chi connectivity index (χ2n) is 4.42. The van der Waals surface area contributed by atoms with Gasteiger partial charge in [0.05, 0.1) is 13.0 Å². The van der Waals surface area contributed by atoms with E-state index in [4.69, 9.17) is 4.74 Å². The van der Waals surface area contributed by atoms with Crippen molar-refractivity contribution < 1.29 is 9.53 Å². The molecule has 0 spiro atoms. The summed E-state index contributed by atoms with van der Waals surface area (Å²) in [6.45, 7) is 4.37. The van der Waals surface area contributed by atoms with Gasteiger partial charge in [0.15, 0.2) is 0 Å². The van der Waals surface area contributed by atoms with Crippen molar-refractivity contribution in [3.8, 4) is 0 Å². The summed E-state index contributed by atoms with van der Waals surface area (Å²) >= 11 is 1.81. The molecule has 0 bridgehead atoms. The molecule has 3 heteroatoms. The maximum atomic E-state index is 11.8. The van der Waals surface area contributed by atoms with Gasteiger partial charge < -0.3 is 4.74 Å². The van der Waals surface area contributed by atoms with E-state index in [9.17, 15) is 4.79 Å². The zero-order valence-corrected chi connectivity index (χ0v) is 11.5. The van der Waals surface area contributed by atoms with Crippen LogP contribution in [0.3, 0.4) is 0 Å². The summed E-state index contributed by atoms with van der Waals surface area (Å²) in [5, 5.41) is 0. The fourth-order valence-corrected chi connectivity index (χ4v) is 2.72. The van der Waals surface area contributed by atoms with Gasteiger partial charge >= 0.3 is 5.97 Å². The summed E-state index contributed by atoms with van der Waals surface area (Å²) in [6.07, 6.45) is 0. The first-order valence-electron chi connectivity index (χ1n) is 5.85. The van der Waals surface area contributed by atoms with Crippen LogP contribution in [0.2, 0.25) is 0 Å². The molecule has 0 aliphatic carbocycles. The summed E-state index contributed by atoms with van der Waals surface area (Å²) in [5.41, 5.74) is 1.04. The molecule has 1 atom stereocenters. The maximum Gasteiger partial charge on any atom is 0.313 e. The molecule has 0 aromatic heterocycles. The van der Waals surface area contributed by atoms with Crippen LogP contribution in [0.1, 0.15) is 25.3 Å². The average molecular weight is 252 g/mol. The van der Waals surface area contributed by atoms with Crippen LogP contribution in [0, 0.1) is 5.92 Å². The van der Waals surface area contributed by atoms with Crippen molar-refractivity contribution in [2.45, 2.75) is 19.8 Å². The lowest BCUT2D eigenvalue weighted by molar-refractivity contribution is -0.141. The van der Waals surface area contributed by atoms with Crippen molar-refractivity contribution in [3.05, 3.63) is 35.9 Å². The van der Waals surface area contributed by atoms with E-state index in [2.05, 4.69) is 13.8 Å². The maximum absolute atomic E-state index is 11.8. The Hall–Kier alpha value is -0.960. The lowest BCUT2D eigenvalue weighted by atomic mass is 10.0. The Labute approximate surface area is 108 Å². The summed E-state index contributed by atoms with van der Waals surface area (Å²) < 4.78 is 4.87. The van der Waals surface area contributed by atoms with Gasteiger partial charge in [0, 0.05) is 5.75 Å². The predicted molar refractivity (Wildman–Crippen MR) is 73.4 cm³/mol. The lowest BCUT2D eigenvalue weighted by Crippen LogP contribution is -2.17. The summed E-state index contributed by atoms with van der Waals surface area (Å²) in [7, 11) is 1.45. The third-order valence-electron chi connectivity index (χ3n) is 2.42. The molecular weight excluding hydrogens is 232 g/mol. The minimum Gasteiger partial charge on any atom is -0.469 e. The van der Waals surface area contributed by atoms with Gasteiger partial charge in [-0.05, 0) is 17.2 Å². The van der Waals surface area contributed by atoms with E-state index in [0.717, 1.165) is 17.1 Å². The Kier molecular flexibility index (Phi) is 6.12. The first-order chi connectivity index (χ1) is 8.15. The fourth-order valence-electron chi connectivity index (χ4n) is 1.55. The highest BCUT2D eigenvalue weighted by atomic mass is 32.2. The van der Waals surface area contributed by atoms with Crippen molar-refractivity contribution in [1.82, 2.24) is 0 Å². The first-order valence-corrected chi connectivity index (χ1v) is 7.01. The van der Waals surface area contributed by atoms with Crippen molar-refractivity contribution >= 4 is 17.7 Å². The van der Waals surface area contributed by atoms with Crippen LogP contribution in [-0.2, 0) is 9.53 Å². The van der Waals surface area contributed by atoms with Crippen LogP contribution >= 0.6 is 11.8 Å². The van der Waals surface area contributed by atoms with Crippen molar-refractivity contribution in [3.63, 3.8) is 0 Å². The van der Waals surface area contributed by atoms with Gasteiger partial charge in [-0.25, -0.2) is 0 Å². The Morgan fingerprint density at radius 1 is 1.24 bits per heavy atom. The number of ether oxygens (including phenoxy) is 1. The largest absolute Gasteiger partial charge is 0.469 e. The lowest BCUT2D eigenvalue weighted by Gasteiger charge is -2.15. The standard InChI is InChI=1S/C14H20O2S/c1-11(2)9-17-10-13(14(15)16-3)12-7-5-4-6-8-12/h4-8,11,13H,9-10H2,1-3H3. The molecule has 1 aromatic rings. The molecule has 94 valence electrons. The van der Waals surface area contributed by atoms with Crippen molar-refractivity contribution in [2.24, 2.45) is 5.92 Å². The normalized spacial score (nSPS) is 12.5. The predicted octanol–water partition coefficient (Wildman–Crippen LogP) is 3.33. The fraction of sp³-hybridized carbons (Fsp3) is 0.500. The summed E-state index contributed by atoms with van der Waals surface area (Å²) in [5.74, 6) is 2.21. The topological polar surface area (TPSA) is 26.3 Å². The zero-order valence-electron chi connectivity index (χ0n) is 10.7. The first kappa shape index (κ1) is 14.1.